The lowest BCUT2D eigenvalue weighted by molar-refractivity contribution is 0.262. The fourth-order valence-corrected chi connectivity index (χ4v) is 4.97. The van der Waals surface area contributed by atoms with Crippen LogP contribution in [0.3, 0.4) is 0 Å². The molecule has 2 amide bonds. The second-order valence-corrected chi connectivity index (χ2v) is 10.2. The number of para-hydroxylation sites is 3. The summed E-state index contributed by atoms with van der Waals surface area (Å²) in [6, 6.07) is 35.3. The van der Waals surface area contributed by atoms with Crippen molar-refractivity contribution in [2.24, 2.45) is 0 Å². The minimum atomic E-state index is -0.348. The van der Waals surface area contributed by atoms with Crippen LogP contribution in [0.4, 0.5) is 33.2 Å². The van der Waals surface area contributed by atoms with Gasteiger partial charge < -0.3 is 26.8 Å². The SMILES string of the molecule is Nc1cc(CO)cc(Nc2c3ccccc3nc3ccccc23)c1.O=C(Nc1ccccc1)Nc1cc(Cl)cc(Cl)c1. The van der Waals surface area contributed by atoms with Gasteiger partial charge in [-0.2, -0.15) is 0 Å². The van der Waals surface area contributed by atoms with Gasteiger partial charge in [-0.3, -0.25) is 0 Å². The zero-order chi connectivity index (χ0) is 29.5. The van der Waals surface area contributed by atoms with E-state index >= 15 is 0 Å². The number of benzene rings is 5. The van der Waals surface area contributed by atoms with Crippen molar-refractivity contribution in [1.29, 1.82) is 0 Å². The average Bonchev–Trinajstić information content (AvgIpc) is 2.97. The Morgan fingerprint density at radius 2 is 1.26 bits per heavy atom. The number of rotatable bonds is 5. The summed E-state index contributed by atoms with van der Waals surface area (Å²) in [5.41, 5.74) is 12.3. The van der Waals surface area contributed by atoms with Gasteiger partial charge in [0.25, 0.3) is 0 Å². The molecule has 0 atom stereocenters. The molecular formula is C33H27Cl2N5O2. The average molecular weight is 597 g/mol. The van der Waals surface area contributed by atoms with Crippen LogP contribution in [0.25, 0.3) is 21.8 Å². The Balaban J connectivity index is 0.000000176. The van der Waals surface area contributed by atoms with E-state index in [9.17, 15) is 9.90 Å². The van der Waals surface area contributed by atoms with E-state index in [2.05, 4.69) is 28.1 Å². The molecule has 0 radical (unpaired) electrons. The Morgan fingerprint density at radius 3 is 1.88 bits per heavy atom. The number of aromatic nitrogens is 1. The number of urea groups is 1. The normalized spacial score (nSPS) is 10.5. The second kappa shape index (κ2) is 13.2. The molecule has 0 aliphatic heterocycles. The fourth-order valence-electron chi connectivity index (χ4n) is 4.44. The lowest BCUT2D eigenvalue weighted by atomic mass is 10.1. The molecule has 0 bridgehead atoms. The molecule has 0 aliphatic rings. The smallest absolute Gasteiger partial charge is 0.323 e. The van der Waals surface area contributed by atoms with Gasteiger partial charge in [-0.25, -0.2) is 9.78 Å². The monoisotopic (exact) mass is 595 g/mol. The predicted octanol–water partition coefficient (Wildman–Crippen LogP) is 8.84. The number of hydrogen-bond acceptors (Lipinski definition) is 5. The third kappa shape index (κ3) is 7.27. The van der Waals surface area contributed by atoms with Crippen LogP contribution in [0.2, 0.25) is 10.0 Å². The Labute approximate surface area is 252 Å². The molecule has 0 unspecified atom stereocenters. The van der Waals surface area contributed by atoms with Gasteiger partial charge in [0.1, 0.15) is 0 Å². The van der Waals surface area contributed by atoms with Crippen LogP contribution < -0.4 is 21.7 Å². The summed E-state index contributed by atoms with van der Waals surface area (Å²) in [6.07, 6.45) is 0. The fraction of sp³-hybridized carbons (Fsp3) is 0.0303. The molecule has 1 heterocycles. The zero-order valence-corrected chi connectivity index (χ0v) is 23.8. The third-order valence-corrected chi connectivity index (χ3v) is 6.64. The highest BCUT2D eigenvalue weighted by molar-refractivity contribution is 6.35. The van der Waals surface area contributed by atoms with Gasteiger partial charge in [0.2, 0.25) is 0 Å². The lowest BCUT2D eigenvalue weighted by Crippen LogP contribution is -2.19. The number of aliphatic hydroxyl groups excluding tert-OH is 1. The number of aliphatic hydroxyl groups is 1. The number of nitrogens with one attached hydrogen (secondary N) is 3. The van der Waals surface area contributed by atoms with Crippen molar-refractivity contribution in [2.75, 3.05) is 21.7 Å². The Kier molecular flexibility index (Phi) is 9.04. The molecule has 5 aromatic carbocycles. The maximum Gasteiger partial charge on any atom is 0.323 e. The highest BCUT2D eigenvalue weighted by Crippen LogP contribution is 2.33. The Morgan fingerprint density at radius 1 is 0.690 bits per heavy atom. The molecule has 0 saturated carbocycles. The molecule has 0 fully saturated rings. The van der Waals surface area contributed by atoms with Crippen molar-refractivity contribution in [1.82, 2.24) is 4.98 Å². The van der Waals surface area contributed by atoms with Crippen LogP contribution in [0.1, 0.15) is 5.56 Å². The zero-order valence-electron chi connectivity index (χ0n) is 22.3. The summed E-state index contributed by atoms with van der Waals surface area (Å²) < 4.78 is 0. The van der Waals surface area contributed by atoms with Crippen molar-refractivity contribution < 1.29 is 9.90 Å². The van der Waals surface area contributed by atoms with Crippen molar-refractivity contribution in [3.8, 4) is 0 Å². The highest BCUT2D eigenvalue weighted by atomic mass is 35.5. The summed E-state index contributed by atoms with van der Waals surface area (Å²) in [5, 5.41) is 21.3. The molecule has 42 heavy (non-hydrogen) atoms. The van der Waals surface area contributed by atoms with Crippen molar-refractivity contribution in [3.05, 3.63) is 131 Å². The van der Waals surface area contributed by atoms with E-state index in [0.29, 0.717) is 27.1 Å². The number of pyridine rings is 1. The topological polar surface area (TPSA) is 112 Å². The van der Waals surface area contributed by atoms with Crippen LogP contribution in [0, 0.1) is 0 Å². The molecule has 7 nitrogen and oxygen atoms in total. The van der Waals surface area contributed by atoms with E-state index in [4.69, 9.17) is 33.9 Å². The molecule has 0 spiro atoms. The number of carbonyl (C=O) groups is 1. The lowest BCUT2D eigenvalue weighted by Gasteiger charge is -2.14. The molecule has 0 aliphatic carbocycles. The van der Waals surface area contributed by atoms with E-state index in [1.165, 1.54) is 0 Å². The van der Waals surface area contributed by atoms with E-state index in [0.717, 1.165) is 38.7 Å². The molecule has 6 aromatic rings. The number of nitrogens with two attached hydrogens (primary N) is 1. The summed E-state index contributed by atoms with van der Waals surface area (Å²) in [4.78, 5) is 16.4. The summed E-state index contributed by atoms with van der Waals surface area (Å²) >= 11 is 11.7. The number of nitrogen functional groups attached to an aromatic ring is 1. The summed E-state index contributed by atoms with van der Waals surface area (Å²) in [6.45, 7) is -0.0441. The maximum atomic E-state index is 11.7. The standard InChI is InChI=1S/C20H17N3O.C13H10Cl2N2O/c21-14-9-13(12-24)10-15(11-14)22-20-16-5-1-3-7-18(16)23-19-8-4-2-6-17(19)20;14-9-6-10(15)8-12(7-9)17-13(18)16-11-4-2-1-3-5-11/h1-11,24H,12,21H2,(H,22,23);1-8H,(H2,16,17,18). The molecule has 6 N–H and O–H groups in total. The van der Waals surface area contributed by atoms with E-state index < -0.39 is 0 Å². The minimum Gasteiger partial charge on any atom is -0.399 e. The van der Waals surface area contributed by atoms with Gasteiger partial charge in [-0.05, 0) is 66.2 Å². The van der Waals surface area contributed by atoms with Crippen LogP contribution in [-0.4, -0.2) is 16.1 Å². The predicted molar refractivity (Wildman–Crippen MR) is 175 cm³/mol. The number of fused-ring (bicyclic) bond motifs is 2. The van der Waals surface area contributed by atoms with Gasteiger partial charge in [-0.1, -0.05) is 77.8 Å². The molecule has 1 aromatic heterocycles. The van der Waals surface area contributed by atoms with Crippen LogP contribution >= 0.6 is 23.2 Å². The molecular weight excluding hydrogens is 569 g/mol. The largest absolute Gasteiger partial charge is 0.399 e. The first-order valence-electron chi connectivity index (χ1n) is 13.0. The van der Waals surface area contributed by atoms with Gasteiger partial charge in [0, 0.05) is 43.6 Å². The van der Waals surface area contributed by atoms with E-state index in [1.807, 2.05) is 66.7 Å². The van der Waals surface area contributed by atoms with Crippen molar-refractivity contribution in [3.63, 3.8) is 0 Å². The van der Waals surface area contributed by atoms with Crippen LogP contribution in [-0.2, 0) is 6.61 Å². The molecule has 6 rings (SSSR count). The molecule has 0 saturated heterocycles. The van der Waals surface area contributed by atoms with Crippen LogP contribution in [0.5, 0.6) is 0 Å². The quantitative estimate of drug-likeness (QED) is 0.101. The summed E-state index contributed by atoms with van der Waals surface area (Å²) in [5.74, 6) is 0. The number of halogens is 2. The first-order chi connectivity index (χ1) is 20.4. The first-order valence-corrected chi connectivity index (χ1v) is 13.8. The Bertz CT molecular complexity index is 1790. The minimum absolute atomic E-state index is 0.0441. The van der Waals surface area contributed by atoms with Gasteiger partial charge in [0.05, 0.1) is 23.3 Å². The number of hydrogen-bond donors (Lipinski definition) is 5. The maximum absolute atomic E-state index is 11.7. The molecule has 210 valence electrons. The highest BCUT2D eigenvalue weighted by Gasteiger charge is 2.10. The van der Waals surface area contributed by atoms with Crippen molar-refractivity contribution in [2.45, 2.75) is 6.61 Å². The number of amides is 2. The van der Waals surface area contributed by atoms with Gasteiger partial charge in [0.15, 0.2) is 0 Å². The van der Waals surface area contributed by atoms with E-state index in [1.54, 1.807) is 36.4 Å². The molecule has 9 heteroatoms. The Hall–Kier alpha value is -4.82. The number of carbonyl (C=O) groups excluding carboxylic acids is 1. The number of nitrogens with zero attached hydrogens (tertiary/aromatic N) is 1. The second-order valence-electron chi connectivity index (χ2n) is 9.37. The van der Waals surface area contributed by atoms with Crippen molar-refractivity contribution >= 4 is 79.5 Å². The van der Waals surface area contributed by atoms with Gasteiger partial charge in [-0.15, -0.1) is 0 Å². The van der Waals surface area contributed by atoms with Gasteiger partial charge >= 0.3 is 6.03 Å². The summed E-state index contributed by atoms with van der Waals surface area (Å²) in [7, 11) is 0. The number of anilines is 5. The van der Waals surface area contributed by atoms with Crippen LogP contribution in [0.15, 0.2) is 115 Å². The van der Waals surface area contributed by atoms with E-state index in [-0.39, 0.29) is 12.6 Å². The first kappa shape index (κ1) is 28.7. The third-order valence-electron chi connectivity index (χ3n) is 6.21.